The van der Waals surface area contributed by atoms with Gasteiger partial charge in [0, 0.05) is 31.9 Å². The number of amides is 1. The highest BCUT2D eigenvalue weighted by molar-refractivity contribution is 5.82. The van der Waals surface area contributed by atoms with Crippen LogP contribution in [0.5, 0.6) is 0 Å². The summed E-state index contributed by atoms with van der Waals surface area (Å²) in [5.41, 5.74) is 1.48. The summed E-state index contributed by atoms with van der Waals surface area (Å²) in [6.07, 6.45) is 2.25. The van der Waals surface area contributed by atoms with Crippen molar-refractivity contribution in [2.75, 3.05) is 31.1 Å². The minimum atomic E-state index is 0.0713. The van der Waals surface area contributed by atoms with E-state index in [9.17, 15) is 4.79 Å². The maximum Gasteiger partial charge on any atom is 0.229 e. The maximum atomic E-state index is 12.2. The molecule has 2 saturated heterocycles. The van der Waals surface area contributed by atoms with Crippen molar-refractivity contribution >= 4 is 11.7 Å². The predicted molar refractivity (Wildman–Crippen MR) is 75.2 cm³/mol. The number of likely N-dealkylation sites (tertiary alicyclic amines) is 1. The van der Waals surface area contributed by atoms with Gasteiger partial charge in [-0.2, -0.15) is 5.26 Å². The third kappa shape index (κ3) is 2.22. The molecule has 5 nitrogen and oxygen atoms in total. The van der Waals surface area contributed by atoms with Gasteiger partial charge >= 0.3 is 0 Å². The number of anilines is 1. The third-order valence-corrected chi connectivity index (χ3v) is 4.08. The monoisotopic (exact) mass is 270 g/mol. The SMILES string of the molecule is Cc1ccc(C#N)c(N2CC(C(=O)N3CCCC3)C2)n1. The minimum absolute atomic E-state index is 0.0713. The van der Waals surface area contributed by atoms with Crippen LogP contribution < -0.4 is 4.90 Å². The number of nitrogens with zero attached hydrogens (tertiary/aromatic N) is 4. The fourth-order valence-corrected chi connectivity index (χ4v) is 2.87. The van der Waals surface area contributed by atoms with E-state index in [1.165, 1.54) is 0 Å². The first-order valence-electron chi connectivity index (χ1n) is 7.10. The lowest BCUT2D eigenvalue weighted by Crippen LogP contribution is -2.54. The van der Waals surface area contributed by atoms with Crippen LogP contribution in [0.15, 0.2) is 12.1 Å². The van der Waals surface area contributed by atoms with Crippen molar-refractivity contribution in [3.63, 3.8) is 0 Å². The van der Waals surface area contributed by atoms with E-state index < -0.39 is 0 Å². The molecular weight excluding hydrogens is 252 g/mol. The van der Waals surface area contributed by atoms with Gasteiger partial charge in [0.05, 0.1) is 11.5 Å². The molecule has 0 spiro atoms. The molecule has 1 aromatic heterocycles. The van der Waals surface area contributed by atoms with Crippen LogP contribution in [0, 0.1) is 24.2 Å². The number of pyridine rings is 1. The van der Waals surface area contributed by atoms with Crippen LogP contribution in [0.2, 0.25) is 0 Å². The van der Waals surface area contributed by atoms with E-state index in [1.807, 2.05) is 22.8 Å². The van der Waals surface area contributed by atoms with E-state index in [0.29, 0.717) is 18.7 Å². The average molecular weight is 270 g/mol. The Bertz CT molecular complexity index is 566. The smallest absolute Gasteiger partial charge is 0.229 e. The summed E-state index contributed by atoms with van der Waals surface area (Å²) in [4.78, 5) is 20.7. The predicted octanol–water partition coefficient (Wildman–Crippen LogP) is 1.32. The van der Waals surface area contributed by atoms with Gasteiger partial charge < -0.3 is 9.80 Å². The number of carbonyl (C=O) groups is 1. The number of carbonyl (C=O) groups excluding carboxylic acids is 1. The van der Waals surface area contributed by atoms with E-state index >= 15 is 0 Å². The van der Waals surface area contributed by atoms with Gasteiger partial charge in [-0.05, 0) is 31.9 Å². The molecule has 0 atom stereocenters. The highest BCUT2D eigenvalue weighted by atomic mass is 16.2. The Morgan fingerprint density at radius 2 is 2.05 bits per heavy atom. The summed E-state index contributed by atoms with van der Waals surface area (Å²) in [5, 5.41) is 9.13. The van der Waals surface area contributed by atoms with Crippen LogP contribution in [0.25, 0.3) is 0 Å². The minimum Gasteiger partial charge on any atom is -0.354 e. The van der Waals surface area contributed by atoms with Crippen molar-refractivity contribution in [1.29, 1.82) is 5.26 Å². The average Bonchev–Trinajstić information content (AvgIpc) is 2.91. The van der Waals surface area contributed by atoms with Crippen molar-refractivity contribution in [3.8, 4) is 6.07 Å². The number of aryl methyl sites for hydroxylation is 1. The second kappa shape index (κ2) is 5.12. The van der Waals surface area contributed by atoms with Crippen molar-refractivity contribution in [2.45, 2.75) is 19.8 Å². The molecule has 3 rings (SSSR count). The number of rotatable bonds is 2. The number of hydrogen-bond acceptors (Lipinski definition) is 4. The molecule has 0 aliphatic carbocycles. The van der Waals surface area contributed by atoms with Gasteiger partial charge in [0.15, 0.2) is 0 Å². The Morgan fingerprint density at radius 1 is 1.35 bits per heavy atom. The Hall–Kier alpha value is -2.09. The van der Waals surface area contributed by atoms with Gasteiger partial charge in [-0.1, -0.05) is 0 Å². The molecule has 0 radical (unpaired) electrons. The molecule has 3 heterocycles. The fourth-order valence-electron chi connectivity index (χ4n) is 2.87. The molecule has 104 valence electrons. The first-order chi connectivity index (χ1) is 9.69. The second-order valence-electron chi connectivity index (χ2n) is 5.57. The summed E-state index contributed by atoms with van der Waals surface area (Å²) in [5.74, 6) is 1.06. The third-order valence-electron chi connectivity index (χ3n) is 4.08. The molecule has 0 unspecified atom stereocenters. The van der Waals surface area contributed by atoms with Crippen LogP contribution in [-0.4, -0.2) is 42.0 Å². The van der Waals surface area contributed by atoms with Crippen LogP contribution in [0.1, 0.15) is 24.1 Å². The highest BCUT2D eigenvalue weighted by Crippen LogP contribution is 2.28. The molecule has 1 amide bonds. The molecule has 0 N–H and O–H groups in total. The van der Waals surface area contributed by atoms with Crippen LogP contribution in [0.3, 0.4) is 0 Å². The molecule has 2 fully saturated rings. The largest absolute Gasteiger partial charge is 0.354 e. The molecule has 0 saturated carbocycles. The van der Waals surface area contributed by atoms with Crippen molar-refractivity contribution < 1.29 is 4.79 Å². The molecule has 2 aliphatic rings. The molecule has 1 aromatic rings. The van der Waals surface area contributed by atoms with Crippen LogP contribution in [0.4, 0.5) is 5.82 Å². The number of hydrogen-bond donors (Lipinski definition) is 0. The van der Waals surface area contributed by atoms with E-state index in [1.54, 1.807) is 6.07 Å². The Kier molecular flexibility index (Phi) is 3.31. The van der Waals surface area contributed by atoms with Crippen molar-refractivity contribution in [1.82, 2.24) is 9.88 Å². The zero-order chi connectivity index (χ0) is 14.1. The molecule has 5 heteroatoms. The second-order valence-corrected chi connectivity index (χ2v) is 5.57. The zero-order valence-electron chi connectivity index (χ0n) is 11.7. The Morgan fingerprint density at radius 3 is 2.70 bits per heavy atom. The maximum absolute atomic E-state index is 12.2. The zero-order valence-corrected chi connectivity index (χ0v) is 11.7. The standard InChI is InChI=1S/C15H18N4O/c1-11-4-5-12(8-16)14(17-11)19-9-13(10-19)15(20)18-6-2-3-7-18/h4-5,13H,2-3,6-7,9-10H2,1H3. The van der Waals surface area contributed by atoms with Gasteiger partial charge in [-0.25, -0.2) is 4.98 Å². The van der Waals surface area contributed by atoms with Gasteiger partial charge in [0.1, 0.15) is 11.9 Å². The van der Waals surface area contributed by atoms with Gasteiger partial charge in [0.2, 0.25) is 5.91 Å². The molecule has 20 heavy (non-hydrogen) atoms. The summed E-state index contributed by atoms with van der Waals surface area (Å²) in [6, 6.07) is 5.81. The van der Waals surface area contributed by atoms with E-state index in [2.05, 4.69) is 11.1 Å². The molecule has 2 aliphatic heterocycles. The van der Waals surface area contributed by atoms with Crippen LogP contribution >= 0.6 is 0 Å². The van der Waals surface area contributed by atoms with E-state index in [0.717, 1.165) is 37.4 Å². The van der Waals surface area contributed by atoms with Crippen molar-refractivity contribution in [2.24, 2.45) is 5.92 Å². The fraction of sp³-hybridized carbons (Fsp3) is 0.533. The first kappa shape index (κ1) is 12.9. The van der Waals surface area contributed by atoms with Gasteiger partial charge in [-0.15, -0.1) is 0 Å². The lowest BCUT2D eigenvalue weighted by Gasteiger charge is -2.41. The van der Waals surface area contributed by atoms with Crippen LogP contribution in [-0.2, 0) is 4.79 Å². The Balaban J connectivity index is 1.67. The number of nitriles is 1. The lowest BCUT2D eigenvalue weighted by atomic mass is 9.97. The summed E-state index contributed by atoms with van der Waals surface area (Å²) >= 11 is 0. The molecule has 0 aromatic carbocycles. The first-order valence-corrected chi connectivity index (χ1v) is 7.10. The van der Waals surface area contributed by atoms with Gasteiger partial charge in [-0.3, -0.25) is 4.79 Å². The lowest BCUT2D eigenvalue weighted by molar-refractivity contribution is -0.135. The summed E-state index contributed by atoms with van der Waals surface area (Å²) in [7, 11) is 0. The normalized spacial score (nSPS) is 18.8. The molecule has 0 bridgehead atoms. The van der Waals surface area contributed by atoms with Gasteiger partial charge in [0.25, 0.3) is 0 Å². The van der Waals surface area contributed by atoms with Crippen molar-refractivity contribution in [3.05, 3.63) is 23.4 Å². The number of aromatic nitrogens is 1. The quantitative estimate of drug-likeness (QED) is 0.813. The highest BCUT2D eigenvalue weighted by Gasteiger charge is 2.37. The van der Waals surface area contributed by atoms with E-state index in [4.69, 9.17) is 5.26 Å². The topological polar surface area (TPSA) is 60.2 Å². The van der Waals surface area contributed by atoms with E-state index in [-0.39, 0.29) is 11.8 Å². The summed E-state index contributed by atoms with van der Waals surface area (Å²) in [6.45, 7) is 5.08. The molecular formula is C15H18N4O. The summed E-state index contributed by atoms with van der Waals surface area (Å²) < 4.78 is 0. The Labute approximate surface area is 118 Å².